The summed E-state index contributed by atoms with van der Waals surface area (Å²) >= 11 is 0. The zero-order chi connectivity index (χ0) is 27.7. The molecule has 0 aromatic heterocycles. The molecule has 1 aromatic rings. The fraction of sp³-hybridized carbons (Fsp3) is 0.643. The van der Waals surface area contributed by atoms with Gasteiger partial charge in [0.05, 0.1) is 5.92 Å². The Morgan fingerprint density at radius 2 is 1.71 bits per heavy atom. The van der Waals surface area contributed by atoms with Crippen LogP contribution < -0.4 is 16.1 Å². The number of nitrogens with zero attached hydrogens (tertiary/aromatic N) is 3. The van der Waals surface area contributed by atoms with Crippen molar-refractivity contribution in [3.05, 3.63) is 29.3 Å². The predicted octanol–water partition coefficient (Wildman–Crippen LogP) is 2.82. The van der Waals surface area contributed by atoms with Crippen LogP contribution in [0.5, 0.6) is 0 Å². The van der Waals surface area contributed by atoms with Crippen molar-refractivity contribution in [2.45, 2.75) is 73.1 Å². The molecule has 3 aliphatic rings. The van der Waals surface area contributed by atoms with E-state index in [-0.39, 0.29) is 48.1 Å². The maximum atomic E-state index is 13.7. The Balaban J connectivity index is 1.52. The molecular weight excluding hydrogens is 484 g/mol. The fourth-order valence-electron chi connectivity index (χ4n) is 5.89. The van der Waals surface area contributed by atoms with E-state index in [0.29, 0.717) is 44.0 Å². The Hall–Kier alpha value is -3.14. The fourth-order valence-corrected chi connectivity index (χ4v) is 5.89. The lowest BCUT2D eigenvalue weighted by Crippen LogP contribution is -2.67. The molecule has 1 saturated carbocycles. The number of hydrazine groups is 1. The Kier molecular flexibility index (Phi) is 8.30. The molecule has 0 bridgehead atoms. The summed E-state index contributed by atoms with van der Waals surface area (Å²) in [5, 5.41) is 7.19. The lowest BCUT2D eigenvalue weighted by molar-refractivity contribution is -0.159. The molecule has 2 aliphatic heterocycles. The zero-order valence-corrected chi connectivity index (χ0v) is 23.4. The molecule has 4 atom stereocenters. The number of hydrogen-bond donors (Lipinski definition) is 3. The molecule has 2 heterocycles. The standard InChI is InChI=1S/C28H42N6O4/c1-16(2)13-29-25(36)20-7-8-22-23(12-20)34-27(32(26(22)37)14-17(3)4)31-33(28(34)38)15-24(35)30-21-10-18(5)9-19(6)11-21/h9-11,16-17,20,22-23,27,31H,7-8,12-15H2,1-6H3,(H,29,36)(H,30,35). The van der Waals surface area contributed by atoms with Crippen LogP contribution in [0.15, 0.2) is 18.2 Å². The first kappa shape index (κ1) is 27.9. The van der Waals surface area contributed by atoms with Gasteiger partial charge >= 0.3 is 6.03 Å². The third-order valence-electron chi connectivity index (χ3n) is 7.48. The quantitative estimate of drug-likeness (QED) is 0.482. The molecule has 10 nitrogen and oxygen atoms in total. The van der Waals surface area contributed by atoms with E-state index in [1.165, 1.54) is 5.01 Å². The van der Waals surface area contributed by atoms with E-state index in [0.717, 1.165) is 11.1 Å². The number of hydrogen-bond acceptors (Lipinski definition) is 5. The summed E-state index contributed by atoms with van der Waals surface area (Å²) in [5.74, 6) is -0.405. The summed E-state index contributed by atoms with van der Waals surface area (Å²) in [4.78, 5) is 56.5. The first-order chi connectivity index (χ1) is 17.9. The van der Waals surface area contributed by atoms with Gasteiger partial charge in [-0.15, -0.1) is 0 Å². The van der Waals surface area contributed by atoms with E-state index >= 15 is 0 Å². The minimum absolute atomic E-state index is 0.00725. The lowest BCUT2D eigenvalue weighted by atomic mass is 9.75. The normalized spacial score (nSPS) is 25.1. The molecule has 2 saturated heterocycles. The van der Waals surface area contributed by atoms with Crippen molar-refractivity contribution >= 4 is 29.4 Å². The van der Waals surface area contributed by atoms with Crippen LogP contribution in [0.3, 0.4) is 0 Å². The van der Waals surface area contributed by atoms with Gasteiger partial charge in [-0.2, -0.15) is 5.43 Å². The smallest absolute Gasteiger partial charge is 0.337 e. The Morgan fingerprint density at radius 1 is 1.03 bits per heavy atom. The first-order valence-corrected chi connectivity index (χ1v) is 13.8. The maximum Gasteiger partial charge on any atom is 0.337 e. The van der Waals surface area contributed by atoms with E-state index in [9.17, 15) is 19.2 Å². The molecular formula is C28H42N6O4. The summed E-state index contributed by atoms with van der Waals surface area (Å²) in [6, 6.07) is 5.05. The number of fused-ring (bicyclic) bond motifs is 3. The molecule has 1 aromatic carbocycles. The highest BCUT2D eigenvalue weighted by atomic mass is 16.2. The number of benzene rings is 1. The van der Waals surface area contributed by atoms with Crippen molar-refractivity contribution in [2.24, 2.45) is 23.7 Å². The zero-order valence-electron chi connectivity index (χ0n) is 23.4. The first-order valence-electron chi connectivity index (χ1n) is 13.8. The van der Waals surface area contributed by atoms with Crippen molar-refractivity contribution in [2.75, 3.05) is 25.0 Å². The molecule has 208 valence electrons. The molecule has 5 amide bonds. The lowest BCUT2D eigenvalue weighted by Gasteiger charge is -2.50. The van der Waals surface area contributed by atoms with Gasteiger partial charge in [0.1, 0.15) is 6.54 Å². The van der Waals surface area contributed by atoms with Gasteiger partial charge in [-0.25, -0.2) is 9.80 Å². The molecule has 0 spiro atoms. The van der Waals surface area contributed by atoms with E-state index < -0.39 is 12.3 Å². The SMILES string of the molecule is Cc1cc(C)cc(NC(=O)CN2NC3N(CC(C)C)C(=O)C4CCC(C(=O)NCC(C)C)CC4N3C2=O)c1. The largest absolute Gasteiger partial charge is 0.356 e. The minimum Gasteiger partial charge on any atom is -0.356 e. The monoisotopic (exact) mass is 526 g/mol. The topological polar surface area (TPSA) is 114 Å². The van der Waals surface area contributed by atoms with Crippen LogP contribution in [0.4, 0.5) is 10.5 Å². The van der Waals surface area contributed by atoms with Gasteiger partial charge in [-0.1, -0.05) is 33.8 Å². The minimum atomic E-state index is -0.676. The Bertz CT molecular complexity index is 1070. The summed E-state index contributed by atoms with van der Waals surface area (Å²) in [5.41, 5.74) is 5.88. The van der Waals surface area contributed by atoms with Crippen LogP contribution in [0.25, 0.3) is 0 Å². The number of carbonyl (C=O) groups is 4. The number of aryl methyl sites for hydroxylation is 2. The van der Waals surface area contributed by atoms with E-state index in [1.807, 2.05) is 59.7 Å². The van der Waals surface area contributed by atoms with Crippen LogP contribution in [0.1, 0.15) is 58.1 Å². The maximum absolute atomic E-state index is 13.7. The highest BCUT2D eigenvalue weighted by Crippen LogP contribution is 2.40. The van der Waals surface area contributed by atoms with Gasteiger partial charge in [0.15, 0.2) is 6.29 Å². The summed E-state index contributed by atoms with van der Waals surface area (Å²) in [7, 11) is 0. The summed E-state index contributed by atoms with van der Waals surface area (Å²) in [6.07, 6.45) is 0.934. The number of anilines is 1. The van der Waals surface area contributed by atoms with Gasteiger partial charge in [0.25, 0.3) is 0 Å². The van der Waals surface area contributed by atoms with Crippen molar-refractivity contribution in [3.8, 4) is 0 Å². The van der Waals surface area contributed by atoms with E-state index in [4.69, 9.17) is 0 Å². The molecule has 4 unspecified atom stereocenters. The Morgan fingerprint density at radius 3 is 2.34 bits per heavy atom. The highest BCUT2D eigenvalue weighted by molar-refractivity contribution is 5.95. The second-order valence-electron chi connectivity index (χ2n) is 11.9. The number of carbonyl (C=O) groups excluding carboxylic acids is 4. The van der Waals surface area contributed by atoms with Gasteiger partial charge in [-0.3, -0.25) is 19.3 Å². The van der Waals surface area contributed by atoms with Crippen molar-refractivity contribution in [1.82, 2.24) is 25.6 Å². The van der Waals surface area contributed by atoms with Crippen LogP contribution in [0.2, 0.25) is 0 Å². The molecule has 4 rings (SSSR count). The number of amides is 5. The van der Waals surface area contributed by atoms with Crippen LogP contribution in [-0.4, -0.2) is 70.5 Å². The van der Waals surface area contributed by atoms with Crippen LogP contribution >= 0.6 is 0 Å². The molecule has 38 heavy (non-hydrogen) atoms. The number of urea groups is 1. The van der Waals surface area contributed by atoms with Crippen LogP contribution in [-0.2, 0) is 14.4 Å². The molecule has 10 heteroatoms. The third kappa shape index (κ3) is 5.95. The van der Waals surface area contributed by atoms with E-state index in [2.05, 4.69) is 16.1 Å². The van der Waals surface area contributed by atoms with Gasteiger partial charge < -0.3 is 15.5 Å². The average Bonchev–Trinajstić information content (AvgIpc) is 3.14. The summed E-state index contributed by atoms with van der Waals surface area (Å²) in [6.45, 7) is 13.0. The predicted molar refractivity (Wildman–Crippen MR) is 144 cm³/mol. The van der Waals surface area contributed by atoms with Gasteiger partial charge in [-0.05, 0) is 68.2 Å². The molecule has 0 radical (unpaired) electrons. The Labute approximate surface area is 225 Å². The number of rotatable bonds is 8. The third-order valence-corrected chi connectivity index (χ3v) is 7.48. The second-order valence-corrected chi connectivity index (χ2v) is 11.9. The van der Waals surface area contributed by atoms with Crippen molar-refractivity contribution in [3.63, 3.8) is 0 Å². The summed E-state index contributed by atoms with van der Waals surface area (Å²) < 4.78 is 0. The molecule has 1 aliphatic carbocycles. The van der Waals surface area contributed by atoms with Crippen molar-refractivity contribution < 1.29 is 19.2 Å². The van der Waals surface area contributed by atoms with Gasteiger partial charge in [0.2, 0.25) is 17.7 Å². The number of nitrogens with one attached hydrogen (secondary N) is 3. The van der Waals surface area contributed by atoms with Gasteiger partial charge in [0, 0.05) is 30.7 Å². The highest BCUT2D eigenvalue weighted by Gasteiger charge is 2.56. The molecule has 3 N–H and O–H groups in total. The van der Waals surface area contributed by atoms with Crippen molar-refractivity contribution in [1.29, 1.82) is 0 Å². The van der Waals surface area contributed by atoms with Crippen LogP contribution in [0, 0.1) is 37.5 Å². The van der Waals surface area contributed by atoms with E-state index in [1.54, 1.807) is 9.80 Å². The average molecular weight is 527 g/mol. The second kappa shape index (κ2) is 11.3. The molecule has 3 fully saturated rings.